The maximum absolute atomic E-state index is 15.0. The van der Waals surface area contributed by atoms with Gasteiger partial charge in [-0.05, 0) is 37.1 Å². The van der Waals surface area contributed by atoms with E-state index in [9.17, 15) is 9.18 Å². The third-order valence-corrected chi connectivity index (χ3v) is 5.59. The van der Waals surface area contributed by atoms with Crippen molar-refractivity contribution in [2.24, 2.45) is 0 Å². The van der Waals surface area contributed by atoms with Gasteiger partial charge in [0.15, 0.2) is 11.5 Å². The molecule has 0 amide bonds. The van der Waals surface area contributed by atoms with Crippen molar-refractivity contribution in [2.45, 2.75) is 25.3 Å². The number of esters is 1. The third-order valence-electron chi connectivity index (χ3n) is 5.59. The molecule has 1 fully saturated rings. The molecule has 1 unspecified atom stereocenters. The lowest BCUT2D eigenvalue weighted by molar-refractivity contribution is -0.137. The van der Waals surface area contributed by atoms with Crippen molar-refractivity contribution in [3.05, 3.63) is 47.3 Å². The number of methoxy groups -OCH3 is 2. The fourth-order valence-corrected chi connectivity index (χ4v) is 4.03. The van der Waals surface area contributed by atoms with Crippen LogP contribution in [0, 0.1) is 5.82 Å². The molecule has 2 atom stereocenters. The monoisotopic (exact) mass is 400 g/mol. The summed E-state index contributed by atoms with van der Waals surface area (Å²) in [4.78, 5) is 14.8. The lowest BCUT2D eigenvalue weighted by Crippen LogP contribution is -2.49. The molecule has 6 nitrogen and oxygen atoms in total. The number of hydrogen-bond donors (Lipinski definition) is 1. The van der Waals surface area contributed by atoms with Gasteiger partial charge in [0.1, 0.15) is 11.6 Å². The van der Waals surface area contributed by atoms with Crippen molar-refractivity contribution in [1.82, 2.24) is 5.32 Å². The van der Waals surface area contributed by atoms with Gasteiger partial charge in [-0.1, -0.05) is 6.07 Å². The van der Waals surface area contributed by atoms with E-state index in [4.69, 9.17) is 14.2 Å². The quantitative estimate of drug-likeness (QED) is 0.629. The molecule has 0 spiro atoms. The highest BCUT2D eigenvalue weighted by molar-refractivity contribution is 5.84. The van der Waals surface area contributed by atoms with Crippen LogP contribution in [0.4, 0.5) is 10.1 Å². The van der Waals surface area contributed by atoms with Gasteiger partial charge in [-0.3, -0.25) is 4.79 Å². The summed E-state index contributed by atoms with van der Waals surface area (Å²) < 4.78 is 31.1. The van der Waals surface area contributed by atoms with Crippen LogP contribution in [0.15, 0.2) is 30.3 Å². The van der Waals surface area contributed by atoms with Gasteiger partial charge in [0.05, 0.1) is 20.1 Å². The van der Waals surface area contributed by atoms with Gasteiger partial charge in [-0.2, -0.15) is 0 Å². The second-order valence-corrected chi connectivity index (χ2v) is 7.50. The zero-order valence-electron chi connectivity index (χ0n) is 16.8. The van der Waals surface area contributed by atoms with Gasteiger partial charge in [0.2, 0.25) is 0 Å². The maximum Gasteiger partial charge on any atom is 0.319 e. The summed E-state index contributed by atoms with van der Waals surface area (Å²) >= 11 is 0. The minimum Gasteiger partial charge on any atom is -0.493 e. The van der Waals surface area contributed by atoms with Crippen LogP contribution in [-0.2, 0) is 11.2 Å². The average Bonchev–Trinajstić information content (AvgIpc) is 2.72. The number of anilines is 1. The van der Waals surface area contributed by atoms with Crippen LogP contribution >= 0.6 is 0 Å². The molecular formula is C22H25FN2O4. The fraction of sp³-hybridized carbons (Fsp3) is 0.409. The van der Waals surface area contributed by atoms with Crippen molar-refractivity contribution in [3.63, 3.8) is 0 Å². The SMILES string of the molecule is COc1ccc(C2Cc3c(F)cc(N4CCN[C@H](C)C4)cc3OC2=O)cc1OC. The molecule has 2 aliphatic heterocycles. The largest absolute Gasteiger partial charge is 0.493 e. The van der Waals surface area contributed by atoms with E-state index < -0.39 is 11.9 Å². The lowest BCUT2D eigenvalue weighted by atomic mass is 9.89. The molecule has 2 aliphatic rings. The number of piperazine rings is 1. The summed E-state index contributed by atoms with van der Waals surface area (Å²) in [5.41, 5.74) is 1.88. The molecule has 0 aromatic heterocycles. The minimum absolute atomic E-state index is 0.244. The lowest BCUT2D eigenvalue weighted by Gasteiger charge is -2.34. The first-order chi connectivity index (χ1) is 14.0. The molecule has 2 aromatic rings. The van der Waals surface area contributed by atoms with Crippen LogP contribution in [0.3, 0.4) is 0 Å². The summed E-state index contributed by atoms with van der Waals surface area (Å²) in [7, 11) is 3.09. The number of nitrogens with one attached hydrogen (secondary N) is 1. The summed E-state index contributed by atoms with van der Waals surface area (Å²) in [6.07, 6.45) is 0.244. The summed E-state index contributed by atoms with van der Waals surface area (Å²) in [5, 5.41) is 3.37. The Kier molecular flexibility index (Phi) is 5.32. The molecule has 0 bridgehead atoms. The first kappa shape index (κ1) is 19.5. The molecule has 0 saturated carbocycles. The Morgan fingerprint density at radius 1 is 1.17 bits per heavy atom. The molecule has 1 saturated heterocycles. The van der Waals surface area contributed by atoms with E-state index in [1.165, 1.54) is 7.11 Å². The highest BCUT2D eigenvalue weighted by Gasteiger charge is 2.33. The normalized spacial score (nSPS) is 21.4. The summed E-state index contributed by atoms with van der Waals surface area (Å²) in [6.45, 7) is 4.49. The number of carbonyl (C=O) groups excluding carboxylic acids is 1. The topological polar surface area (TPSA) is 60.0 Å². The van der Waals surface area contributed by atoms with Crippen molar-refractivity contribution in [2.75, 3.05) is 38.8 Å². The summed E-state index contributed by atoms with van der Waals surface area (Å²) in [6, 6.07) is 8.90. The zero-order chi connectivity index (χ0) is 20.5. The van der Waals surface area contributed by atoms with Gasteiger partial charge >= 0.3 is 5.97 Å². The smallest absolute Gasteiger partial charge is 0.319 e. The van der Waals surface area contributed by atoms with Crippen LogP contribution in [0.2, 0.25) is 0 Å². The Balaban J connectivity index is 1.63. The predicted octanol–water partition coefficient (Wildman–Crippen LogP) is 2.89. The van der Waals surface area contributed by atoms with Gasteiger partial charge in [0, 0.05) is 43.0 Å². The molecule has 4 rings (SSSR count). The number of rotatable bonds is 4. The van der Waals surface area contributed by atoms with Gasteiger partial charge in [0.25, 0.3) is 0 Å². The minimum atomic E-state index is -0.595. The Morgan fingerprint density at radius 3 is 2.69 bits per heavy atom. The van der Waals surface area contributed by atoms with Crippen LogP contribution in [0.1, 0.15) is 24.0 Å². The van der Waals surface area contributed by atoms with E-state index in [1.54, 1.807) is 37.4 Å². The Morgan fingerprint density at radius 2 is 1.97 bits per heavy atom. The van der Waals surface area contributed by atoms with Crippen molar-refractivity contribution in [3.8, 4) is 17.2 Å². The van der Waals surface area contributed by atoms with Crippen molar-refractivity contribution >= 4 is 11.7 Å². The van der Waals surface area contributed by atoms with E-state index >= 15 is 0 Å². The first-order valence-corrected chi connectivity index (χ1v) is 9.74. The highest BCUT2D eigenvalue weighted by atomic mass is 19.1. The second-order valence-electron chi connectivity index (χ2n) is 7.50. The second kappa shape index (κ2) is 7.91. The molecule has 2 heterocycles. The number of hydrogen-bond acceptors (Lipinski definition) is 6. The molecular weight excluding hydrogens is 375 g/mol. The molecule has 154 valence electrons. The predicted molar refractivity (Wildman–Crippen MR) is 108 cm³/mol. The summed E-state index contributed by atoms with van der Waals surface area (Å²) in [5.74, 6) is 0.0699. The number of ether oxygens (including phenoxy) is 3. The Bertz CT molecular complexity index is 933. The molecule has 2 aromatic carbocycles. The first-order valence-electron chi connectivity index (χ1n) is 9.74. The van der Waals surface area contributed by atoms with Gasteiger partial charge in [-0.15, -0.1) is 0 Å². The van der Waals surface area contributed by atoms with Crippen LogP contribution in [-0.4, -0.2) is 45.9 Å². The van der Waals surface area contributed by atoms with E-state index in [0.29, 0.717) is 34.4 Å². The van der Waals surface area contributed by atoms with Crippen LogP contribution in [0.25, 0.3) is 0 Å². The van der Waals surface area contributed by atoms with Crippen molar-refractivity contribution < 1.29 is 23.4 Å². The van der Waals surface area contributed by atoms with E-state index in [-0.39, 0.29) is 12.2 Å². The van der Waals surface area contributed by atoms with Crippen molar-refractivity contribution in [1.29, 1.82) is 0 Å². The number of fused-ring (bicyclic) bond motifs is 1. The molecule has 29 heavy (non-hydrogen) atoms. The fourth-order valence-electron chi connectivity index (χ4n) is 4.03. The number of nitrogens with zero attached hydrogens (tertiary/aromatic N) is 1. The van der Waals surface area contributed by atoms with Gasteiger partial charge < -0.3 is 24.4 Å². The third kappa shape index (κ3) is 3.74. The van der Waals surface area contributed by atoms with E-state index in [2.05, 4.69) is 17.1 Å². The molecule has 0 radical (unpaired) electrons. The Hall–Kier alpha value is -2.80. The van der Waals surface area contributed by atoms with E-state index in [1.807, 2.05) is 0 Å². The maximum atomic E-state index is 15.0. The van der Waals surface area contributed by atoms with Crippen LogP contribution < -0.4 is 24.4 Å². The number of halogens is 1. The standard InChI is InChI=1S/C22H25FN2O4/c1-13-12-25(7-6-24-13)15-9-18(23)17-11-16(22(26)29-20(17)10-15)14-4-5-19(27-2)21(8-14)28-3/h4-5,8-10,13,16,24H,6-7,11-12H2,1-3H3/t13-,16?/m1/s1. The van der Waals surface area contributed by atoms with E-state index in [0.717, 1.165) is 25.3 Å². The van der Waals surface area contributed by atoms with Gasteiger partial charge in [-0.25, -0.2) is 4.39 Å². The average molecular weight is 400 g/mol. The van der Waals surface area contributed by atoms with Crippen LogP contribution in [0.5, 0.6) is 17.2 Å². The molecule has 0 aliphatic carbocycles. The molecule has 1 N–H and O–H groups in total. The number of carbonyl (C=O) groups is 1. The Labute approximate surface area is 169 Å². The molecule has 7 heteroatoms. The number of benzene rings is 2. The zero-order valence-corrected chi connectivity index (χ0v) is 16.8. The highest BCUT2D eigenvalue weighted by Crippen LogP contribution is 2.39.